The lowest BCUT2D eigenvalue weighted by Gasteiger charge is -2.44. The second-order valence-electron chi connectivity index (χ2n) is 21.6. The summed E-state index contributed by atoms with van der Waals surface area (Å²) in [5.74, 6) is -2.76. The fraction of sp³-hybridized carbons (Fsp3) is 0.538. The summed E-state index contributed by atoms with van der Waals surface area (Å²) in [6, 6.07) is 22.4. The van der Waals surface area contributed by atoms with Gasteiger partial charge in [0.25, 0.3) is 0 Å². The van der Waals surface area contributed by atoms with E-state index in [1.807, 2.05) is 24.3 Å². The van der Waals surface area contributed by atoms with Gasteiger partial charge in [0.15, 0.2) is 0 Å². The van der Waals surface area contributed by atoms with E-state index in [0.717, 1.165) is 53.6 Å². The molecule has 2 saturated carbocycles. The molecule has 4 unspecified atom stereocenters. The average Bonchev–Trinajstić information content (AvgIpc) is 4.12. The lowest BCUT2D eigenvalue weighted by Crippen LogP contribution is -2.62. The fourth-order valence-corrected chi connectivity index (χ4v) is 12.7. The predicted octanol–water partition coefficient (Wildman–Crippen LogP) is 7.47. The van der Waals surface area contributed by atoms with E-state index in [1.165, 1.54) is 5.56 Å². The van der Waals surface area contributed by atoms with Crippen LogP contribution in [0.2, 0.25) is 0 Å². The van der Waals surface area contributed by atoms with Gasteiger partial charge in [-0.1, -0.05) is 109 Å². The Bertz CT molecular complexity index is 2280. The van der Waals surface area contributed by atoms with Gasteiger partial charge in [-0.3, -0.25) is 19.2 Å². The number of likely N-dealkylation sites (tertiary alicyclic amines) is 2. The molecular formula is C52H67N7O8. The third kappa shape index (κ3) is 8.15. The van der Waals surface area contributed by atoms with Crippen LogP contribution in [0.1, 0.15) is 152 Å². The molecule has 15 nitrogen and oxygen atoms in total. The molecule has 5 aliphatic rings. The fourth-order valence-electron chi connectivity index (χ4n) is 12.7. The van der Waals surface area contributed by atoms with E-state index in [4.69, 9.17) is 11.5 Å². The molecule has 0 spiro atoms. The number of hydrogen-bond donors (Lipinski definition) is 6. The molecule has 2 aliphatic carbocycles. The second-order valence-corrected chi connectivity index (χ2v) is 21.6. The van der Waals surface area contributed by atoms with Crippen LogP contribution in [0.25, 0.3) is 0 Å². The minimum Gasteiger partial charge on any atom is -0.465 e. The molecule has 15 heteroatoms. The number of nitrogens with two attached hydrogens (primary N) is 2. The van der Waals surface area contributed by atoms with Gasteiger partial charge in [-0.05, 0) is 120 Å². The number of hydrogen-bond acceptors (Lipinski definition) is 7. The number of carbonyl (C=O) groups excluding carboxylic acids is 4. The Morgan fingerprint density at radius 2 is 0.940 bits per heavy atom. The van der Waals surface area contributed by atoms with E-state index in [1.54, 1.807) is 37.5 Å². The Hall–Kier alpha value is -6.12. The minimum absolute atomic E-state index is 0.0133. The van der Waals surface area contributed by atoms with E-state index in [2.05, 4.69) is 84.8 Å². The highest BCUT2D eigenvalue weighted by atomic mass is 16.4. The molecule has 358 valence electrons. The molecule has 3 aliphatic heterocycles. The molecule has 5 fully saturated rings. The third-order valence-electron chi connectivity index (χ3n) is 16.0. The van der Waals surface area contributed by atoms with Crippen LogP contribution in [0.3, 0.4) is 0 Å². The van der Waals surface area contributed by atoms with Gasteiger partial charge in [0.2, 0.25) is 23.6 Å². The van der Waals surface area contributed by atoms with Crippen molar-refractivity contribution < 1.29 is 39.0 Å². The van der Waals surface area contributed by atoms with Gasteiger partial charge in [-0.25, -0.2) is 9.59 Å². The summed E-state index contributed by atoms with van der Waals surface area (Å²) >= 11 is 0. The van der Waals surface area contributed by atoms with Gasteiger partial charge in [-0.2, -0.15) is 0 Å². The van der Waals surface area contributed by atoms with E-state index in [-0.39, 0.29) is 41.2 Å². The number of rotatable bonds is 13. The van der Waals surface area contributed by atoms with Crippen molar-refractivity contribution in [3.63, 3.8) is 0 Å². The van der Waals surface area contributed by atoms with Gasteiger partial charge in [-0.15, -0.1) is 0 Å². The number of piperidine rings is 2. The number of carboxylic acid groups (broad SMARTS) is 2. The number of anilines is 1. The Balaban J connectivity index is 1.12. The van der Waals surface area contributed by atoms with Crippen molar-refractivity contribution >= 4 is 41.5 Å². The summed E-state index contributed by atoms with van der Waals surface area (Å²) in [5.41, 5.74) is 15.9. The van der Waals surface area contributed by atoms with Crippen molar-refractivity contribution in [2.45, 2.75) is 153 Å². The van der Waals surface area contributed by atoms with Crippen LogP contribution < -0.4 is 27.0 Å². The maximum absolute atomic E-state index is 14.4. The van der Waals surface area contributed by atoms with Crippen molar-refractivity contribution in [3.05, 3.63) is 101 Å². The van der Waals surface area contributed by atoms with E-state index < -0.39 is 71.1 Å². The van der Waals surface area contributed by atoms with Crippen molar-refractivity contribution in [2.75, 3.05) is 4.90 Å². The smallest absolute Gasteiger partial charge is 0.405 e. The van der Waals surface area contributed by atoms with Crippen LogP contribution in [-0.4, -0.2) is 79.0 Å². The number of primary amides is 2. The number of nitrogens with zero attached hydrogens (tertiary/aromatic N) is 3. The topological polar surface area (TPSA) is 229 Å². The van der Waals surface area contributed by atoms with Crippen LogP contribution in [0.5, 0.6) is 0 Å². The summed E-state index contributed by atoms with van der Waals surface area (Å²) in [6.07, 6.45) is 2.25. The molecule has 3 saturated heterocycles. The number of benzene rings is 3. The highest BCUT2D eigenvalue weighted by Crippen LogP contribution is 2.59. The van der Waals surface area contributed by atoms with Crippen LogP contribution in [-0.2, 0) is 24.6 Å². The maximum Gasteiger partial charge on any atom is 0.405 e. The lowest BCUT2D eigenvalue weighted by atomic mass is 9.87. The lowest BCUT2D eigenvalue weighted by molar-refractivity contribution is -0.150. The molecule has 10 atom stereocenters. The first-order chi connectivity index (χ1) is 31.6. The van der Waals surface area contributed by atoms with Gasteiger partial charge in [0, 0.05) is 5.69 Å². The highest BCUT2D eigenvalue weighted by molar-refractivity contribution is 5.96. The predicted molar refractivity (Wildman–Crippen MR) is 253 cm³/mol. The normalized spacial score (nSPS) is 28.5. The number of nitrogens with one attached hydrogen (secondary N) is 2. The Morgan fingerprint density at radius 1 is 0.582 bits per heavy atom. The molecule has 3 aromatic carbocycles. The second kappa shape index (κ2) is 17.5. The Kier molecular flexibility index (Phi) is 12.4. The van der Waals surface area contributed by atoms with Crippen LogP contribution >= 0.6 is 0 Å². The SMILES string of the molecule is CC(C)[C@H](NC(=O)O)C(=O)N1[C@H](c2ccc([C@@H]3CC[C@@H](c4ccc([C@@H]5C6CCC(C(N)=O)(C6)N5C(=O)[C@@H](NC(=O)O)C(C)C)cc4)N3c3ccc(C(C)(C)C)cc3)cc2)C2CCC1(C(N)=O)C2. The minimum atomic E-state index is -1.31. The van der Waals surface area contributed by atoms with Crippen LogP contribution in [0.15, 0.2) is 72.8 Å². The standard InChI is InChI=1S/C52H67N7O8/c1-28(2)40(55-48(64)65)44(60)58-42(34-22-24-51(58,26-34)46(53)62)32-12-8-30(9-13-32)38-20-21-39(57(38)37-18-16-36(17-19-37)50(5,6)7)31-10-14-33(15-11-31)43-35-23-25-52(27-35,47(54)63)59(43)45(61)41(29(3)4)56-49(66)67/h8-19,28-29,34-35,38-43,55-56H,20-27H2,1-7H3,(H2,53,62)(H2,54,63)(H,64,65)(H,66,67)/t34?,35?,38-,39-,40-,41-,42+,43+,51?,52?/m0/s1. The average molecular weight is 918 g/mol. The van der Waals surface area contributed by atoms with Gasteiger partial charge >= 0.3 is 12.2 Å². The highest BCUT2D eigenvalue weighted by Gasteiger charge is 2.64. The Morgan fingerprint density at radius 3 is 1.25 bits per heavy atom. The zero-order chi connectivity index (χ0) is 48.5. The molecule has 6 amide bonds. The number of carbonyl (C=O) groups is 6. The molecule has 0 aromatic heterocycles. The summed E-state index contributed by atoms with van der Waals surface area (Å²) in [6.45, 7) is 13.7. The van der Waals surface area contributed by atoms with Crippen molar-refractivity contribution in [3.8, 4) is 0 Å². The van der Waals surface area contributed by atoms with Crippen LogP contribution in [0.4, 0.5) is 15.3 Å². The zero-order valence-corrected chi connectivity index (χ0v) is 39.7. The van der Waals surface area contributed by atoms with E-state index in [9.17, 15) is 39.0 Å². The van der Waals surface area contributed by atoms with Crippen molar-refractivity contribution in [1.82, 2.24) is 20.4 Å². The molecule has 67 heavy (non-hydrogen) atoms. The summed E-state index contributed by atoms with van der Waals surface area (Å²) in [4.78, 5) is 84.5. The van der Waals surface area contributed by atoms with Gasteiger partial charge in [0.1, 0.15) is 23.2 Å². The van der Waals surface area contributed by atoms with Crippen molar-refractivity contribution in [1.29, 1.82) is 0 Å². The first-order valence-electron chi connectivity index (χ1n) is 23.9. The first-order valence-corrected chi connectivity index (χ1v) is 23.9. The third-order valence-corrected chi connectivity index (χ3v) is 16.0. The van der Waals surface area contributed by atoms with E-state index in [0.29, 0.717) is 25.7 Å². The van der Waals surface area contributed by atoms with Crippen molar-refractivity contribution in [2.24, 2.45) is 35.1 Å². The molecule has 3 heterocycles. The summed E-state index contributed by atoms with van der Waals surface area (Å²) in [7, 11) is 0. The van der Waals surface area contributed by atoms with Gasteiger partial charge in [0.05, 0.1) is 24.2 Å². The molecule has 8 N–H and O–H groups in total. The molecule has 8 rings (SSSR count). The maximum atomic E-state index is 14.4. The Labute approximate surface area is 393 Å². The zero-order valence-electron chi connectivity index (χ0n) is 39.7. The van der Waals surface area contributed by atoms with E-state index >= 15 is 0 Å². The summed E-state index contributed by atoms with van der Waals surface area (Å²) in [5, 5.41) is 24.1. The van der Waals surface area contributed by atoms with Crippen LogP contribution in [0, 0.1) is 23.7 Å². The molecule has 4 bridgehead atoms. The van der Waals surface area contributed by atoms with Gasteiger partial charge < -0.3 is 47.0 Å². The monoisotopic (exact) mass is 918 g/mol. The molecule has 0 radical (unpaired) electrons. The first kappa shape index (κ1) is 47.4. The molecule has 3 aromatic rings. The quantitative estimate of drug-likeness (QED) is 0.0998. The number of amides is 6. The number of fused-ring (bicyclic) bond motifs is 4. The largest absolute Gasteiger partial charge is 0.465 e. The summed E-state index contributed by atoms with van der Waals surface area (Å²) < 4.78 is 0. The molecular weight excluding hydrogens is 851 g/mol.